The second-order valence-electron chi connectivity index (χ2n) is 7.04. The van der Waals surface area contributed by atoms with Gasteiger partial charge in [-0.1, -0.05) is 75.9 Å². The molecule has 0 unspecified atom stereocenters. The van der Waals surface area contributed by atoms with Gasteiger partial charge in [0, 0.05) is 0 Å². The van der Waals surface area contributed by atoms with Crippen molar-refractivity contribution < 1.29 is 0 Å². The molecule has 126 valence electrons. The van der Waals surface area contributed by atoms with E-state index in [2.05, 4.69) is 62.4 Å². The van der Waals surface area contributed by atoms with Crippen LogP contribution in [-0.2, 0) is 12.8 Å². The second kappa shape index (κ2) is 8.33. The Morgan fingerprint density at radius 3 is 2.00 bits per heavy atom. The lowest BCUT2D eigenvalue weighted by atomic mass is 9.90. The van der Waals surface area contributed by atoms with Gasteiger partial charge in [0.1, 0.15) is 0 Å². The highest BCUT2D eigenvalue weighted by atomic mass is 14.1. The van der Waals surface area contributed by atoms with Crippen LogP contribution in [0.5, 0.6) is 0 Å². The number of hydrogen-bond donors (Lipinski definition) is 0. The van der Waals surface area contributed by atoms with Crippen molar-refractivity contribution in [3.63, 3.8) is 0 Å². The summed E-state index contributed by atoms with van der Waals surface area (Å²) in [5.74, 6) is 0. The molecule has 0 aliphatic rings. The molecule has 0 fully saturated rings. The van der Waals surface area contributed by atoms with Crippen LogP contribution in [-0.4, -0.2) is 0 Å². The first-order valence-corrected chi connectivity index (χ1v) is 9.76. The fraction of sp³-hybridized carbons (Fsp3) is 0.417. The van der Waals surface area contributed by atoms with Crippen molar-refractivity contribution in [1.29, 1.82) is 0 Å². The van der Waals surface area contributed by atoms with E-state index in [1.54, 1.807) is 11.1 Å². The van der Waals surface area contributed by atoms with Crippen molar-refractivity contribution in [2.24, 2.45) is 0 Å². The average Bonchev–Trinajstić information content (AvgIpc) is 2.61. The van der Waals surface area contributed by atoms with Crippen LogP contribution in [0.1, 0.15) is 63.5 Å². The Hall–Kier alpha value is -1.82. The van der Waals surface area contributed by atoms with E-state index in [-0.39, 0.29) is 0 Å². The maximum absolute atomic E-state index is 2.43. The highest BCUT2D eigenvalue weighted by Gasteiger charge is 2.09. The third kappa shape index (κ3) is 3.80. The van der Waals surface area contributed by atoms with E-state index in [0.717, 1.165) is 0 Å². The maximum Gasteiger partial charge on any atom is -0.0143 e. The molecule has 0 heterocycles. The second-order valence-corrected chi connectivity index (χ2v) is 7.04. The van der Waals surface area contributed by atoms with Crippen molar-refractivity contribution in [1.82, 2.24) is 0 Å². The number of hydrogen-bond acceptors (Lipinski definition) is 0. The summed E-state index contributed by atoms with van der Waals surface area (Å²) in [7, 11) is 0. The lowest BCUT2D eigenvalue weighted by Gasteiger charge is -2.14. The Labute approximate surface area is 146 Å². The Morgan fingerprint density at radius 1 is 0.625 bits per heavy atom. The lowest BCUT2D eigenvalue weighted by Crippen LogP contribution is -1.97. The van der Waals surface area contributed by atoms with E-state index in [9.17, 15) is 0 Å². The first-order valence-electron chi connectivity index (χ1n) is 9.76. The van der Waals surface area contributed by atoms with Gasteiger partial charge in [-0.3, -0.25) is 0 Å². The predicted molar refractivity (Wildman–Crippen MR) is 108 cm³/mol. The topological polar surface area (TPSA) is 0 Å². The van der Waals surface area contributed by atoms with Gasteiger partial charge in [-0.25, -0.2) is 0 Å². The SMILES string of the molecule is CCCCCc1ccc2cc3ccccc3cc2c1CCCCC. The first kappa shape index (κ1) is 17.0. The number of fused-ring (bicyclic) bond motifs is 2. The van der Waals surface area contributed by atoms with Gasteiger partial charge in [0.05, 0.1) is 0 Å². The third-order valence-corrected chi connectivity index (χ3v) is 5.17. The maximum atomic E-state index is 2.43. The molecule has 3 rings (SSSR count). The van der Waals surface area contributed by atoms with Crippen LogP contribution in [0, 0.1) is 0 Å². The van der Waals surface area contributed by atoms with Gasteiger partial charge in [0.2, 0.25) is 0 Å². The number of rotatable bonds is 8. The quantitative estimate of drug-likeness (QED) is 0.299. The van der Waals surface area contributed by atoms with Gasteiger partial charge in [0.15, 0.2) is 0 Å². The summed E-state index contributed by atoms with van der Waals surface area (Å²) in [6, 6.07) is 18.3. The summed E-state index contributed by atoms with van der Waals surface area (Å²) in [6.45, 7) is 4.58. The molecule has 3 aromatic carbocycles. The molecule has 0 amide bonds. The molecule has 0 nitrogen and oxygen atoms in total. The van der Waals surface area contributed by atoms with E-state index in [1.807, 2.05) is 0 Å². The van der Waals surface area contributed by atoms with E-state index in [0.29, 0.717) is 0 Å². The minimum Gasteiger partial charge on any atom is -0.0654 e. The highest BCUT2D eigenvalue weighted by molar-refractivity contribution is 6.00. The van der Waals surface area contributed by atoms with Gasteiger partial charge in [-0.2, -0.15) is 0 Å². The Bertz CT molecular complexity index is 798. The van der Waals surface area contributed by atoms with Crippen LogP contribution in [0.15, 0.2) is 48.5 Å². The zero-order chi connectivity index (χ0) is 16.8. The van der Waals surface area contributed by atoms with Crippen LogP contribution in [0.3, 0.4) is 0 Å². The van der Waals surface area contributed by atoms with Crippen LogP contribution >= 0.6 is 0 Å². The van der Waals surface area contributed by atoms with Crippen LogP contribution in [0.2, 0.25) is 0 Å². The molecule has 0 aliphatic carbocycles. The normalized spacial score (nSPS) is 11.4. The summed E-state index contributed by atoms with van der Waals surface area (Å²) >= 11 is 0. The van der Waals surface area contributed by atoms with E-state index < -0.39 is 0 Å². The van der Waals surface area contributed by atoms with E-state index in [4.69, 9.17) is 0 Å². The fourth-order valence-corrected chi connectivity index (χ4v) is 3.77. The largest absolute Gasteiger partial charge is 0.0654 e. The minimum atomic E-state index is 1.23. The van der Waals surface area contributed by atoms with Crippen LogP contribution in [0.25, 0.3) is 21.5 Å². The molecular weight excluding hydrogens is 288 g/mol. The van der Waals surface area contributed by atoms with E-state index in [1.165, 1.54) is 72.9 Å². The molecule has 0 N–H and O–H groups in total. The number of unbranched alkanes of at least 4 members (excludes halogenated alkanes) is 4. The molecule has 0 saturated carbocycles. The fourth-order valence-electron chi connectivity index (χ4n) is 3.77. The predicted octanol–water partition coefficient (Wildman–Crippen LogP) is 7.46. The smallest absolute Gasteiger partial charge is 0.0143 e. The summed E-state index contributed by atoms with van der Waals surface area (Å²) in [4.78, 5) is 0. The molecule has 0 aromatic heterocycles. The zero-order valence-corrected chi connectivity index (χ0v) is 15.3. The molecule has 0 heteroatoms. The standard InChI is InChI=1S/C24H30/c1-3-5-7-11-19-15-16-22-17-20-12-9-10-13-21(20)18-24(22)23(19)14-8-6-4-2/h9-10,12-13,15-18H,3-8,11,14H2,1-2H3. The highest BCUT2D eigenvalue weighted by Crippen LogP contribution is 2.30. The molecule has 3 aromatic rings. The van der Waals surface area contributed by atoms with Crippen LogP contribution < -0.4 is 0 Å². The van der Waals surface area contributed by atoms with Gasteiger partial charge in [-0.15, -0.1) is 0 Å². The van der Waals surface area contributed by atoms with Gasteiger partial charge >= 0.3 is 0 Å². The third-order valence-electron chi connectivity index (χ3n) is 5.17. The van der Waals surface area contributed by atoms with Gasteiger partial charge < -0.3 is 0 Å². The van der Waals surface area contributed by atoms with Gasteiger partial charge in [0.25, 0.3) is 0 Å². The number of benzene rings is 3. The minimum absolute atomic E-state index is 1.23. The van der Waals surface area contributed by atoms with Gasteiger partial charge in [-0.05, 0) is 70.5 Å². The Balaban J connectivity index is 2.05. The van der Waals surface area contributed by atoms with E-state index >= 15 is 0 Å². The molecule has 0 aliphatic heterocycles. The molecule has 0 bridgehead atoms. The summed E-state index contributed by atoms with van der Waals surface area (Å²) in [5.41, 5.74) is 3.20. The van der Waals surface area contributed by atoms with Crippen molar-refractivity contribution in [3.05, 3.63) is 59.7 Å². The first-order chi connectivity index (χ1) is 11.8. The van der Waals surface area contributed by atoms with Crippen molar-refractivity contribution >= 4 is 21.5 Å². The number of aryl methyl sites for hydroxylation is 2. The molecule has 0 spiro atoms. The molecule has 24 heavy (non-hydrogen) atoms. The molecule has 0 saturated heterocycles. The summed E-state index contributed by atoms with van der Waals surface area (Å²) < 4.78 is 0. The molecule has 0 radical (unpaired) electrons. The molecular formula is C24H30. The summed E-state index contributed by atoms with van der Waals surface area (Å²) in [6.07, 6.45) is 10.3. The summed E-state index contributed by atoms with van der Waals surface area (Å²) in [5, 5.41) is 5.61. The van der Waals surface area contributed by atoms with Crippen molar-refractivity contribution in [2.75, 3.05) is 0 Å². The van der Waals surface area contributed by atoms with Crippen molar-refractivity contribution in [3.8, 4) is 0 Å². The Kier molecular flexibility index (Phi) is 5.91. The average molecular weight is 319 g/mol. The monoisotopic (exact) mass is 318 g/mol. The lowest BCUT2D eigenvalue weighted by molar-refractivity contribution is 0.696. The molecule has 0 atom stereocenters. The van der Waals surface area contributed by atoms with Crippen molar-refractivity contribution in [2.45, 2.75) is 65.2 Å². The van der Waals surface area contributed by atoms with Crippen LogP contribution in [0.4, 0.5) is 0 Å². The Morgan fingerprint density at radius 2 is 1.29 bits per heavy atom. The zero-order valence-electron chi connectivity index (χ0n) is 15.3.